The Balaban J connectivity index is 2.23. The summed E-state index contributed by atoms with van der Waals surface area (Å²) in [6, 6.07) is 3.90. The second-order valence-corrected chi connectivity index (χ2v) is 4.03. The van der Waals surface area contributed by atoms with Gasteiger partial charge in [0.25, 0.3) is 0 Å². The summed E-state index contributed by atoms with van der Waals surface area (Å²) in [4.78, 5) is 8.52. The average Bonchev–Trinajstić information content (AvgIpc) is 2.92. The van der Waals surface area contributed by atoms with Gasteiger partial charge in [0.2, 0.25) is 0 Å². The van der Waals surface area contributed by atoms with Crippen molar-refractivity contribution in [3.05, 3.63) is 36.0 Å². The van der Waals surface area contributed by atoms with Crippen LogP contribution in [0, 0.1) is 0 Å². The van der Waals surface area contributed by atoms with Crippen molar-refractivity contribution in [3.63, 3.8) is 0 Å². The van der Waals surface area contributed by atoms with E-state index in [0.717, 1.165) is 29.4 Å². The molecular formula is C13H18N4O. The van der Waals surface area contributed by atoms with E-state index in [1.807, 2.05) is 26.1 Å². The molecule has 0 saturated carbocycles. The molecule has 1 atom stereocenters. The maximum atomic E-state index is 5.38. The van der Waals surface area contributed by atoms with E-state index in [1.165, 1.54) is 0 Å². The normalized spacial score (nSPS) is 12.2. The molecule has 96 valence electrons. The Labute approximate surface area is 107 Å². The van der Waals surface area contributed by atoms with Gasteiger partial charge in [0.1, 0.15) is 23.7 Å². The van der Waals surface area contributed by atoms with E-state index in [0.29, 0.717) is 0 Å². The zero-order valence-corrected chi connectivity index (χ0v) is 10.9. The Hall–Kier alpha value is -2.04. The second kappa shape index (κ2) is 5.53. The van der Waals surface area contributed by atoms with Crippen molar-refractivity contribution in [2.24, 2.45) is 0 Å². The summed E-state index contributed by atoms with van der Waals surface area (Å²) < 4.78 is 5.38. The van der Waals surface area contributed by atoms with Gasteiger partial charge < -0.3 is 15.1 Å². The first-order valence-electron chi connectivity index (χ1n) is 6.07. The smallest absolute Gasteiger partial charge is 0.135 e. The van der Waals surface area contributed by atoms with E-state index in [4.69, 9.17) is 4.42 Å². The Morgan fingerprint density at radius 2 is 2.11 bits per heavy atom. The quantitative estimate of drug-likeness (QED) is 0.849. The maximum Gasteiger partial charge on any atom is 0.135 e. The van der Waals surface area contributed by atoms with Crippen LogP contribution < -0.4 is 10.6 Å². The SMILES string of the molecule is CCc1c(NC)ncnc1NC(C)c1ccco1. The van der Waals surface area contributed by atoms with Crippen LogP contribution in [0.15, 0.2) is 29.1 Å². The molecule has 5 heteroatoms. The zero-order chi connectivity index (χ0) is 13.0. The Morgan fingerprint density at radius 1 is 1.33 bits per heavy atom. The minimum absolute atomic E-state index is 0.0740. The third kappa shape index (κ3) is 2.45. The van der Waals surface area contributed by atoms with Gasteiger partial charge >= 0.3 is 0 Å². The van der Waals surface area contributed by atoms with Crippen LogP contribution in [0.5, 0.6) is 0 Å². The molecule has 2 rings (SSSR count). The van der Waals surface area contributed by atoms with E-state index in [1.54, 1.807) is 12.6 Å². The Kier molecular flexibility index (Phi) is 3.82. The van der Waals surface area contributed by atoms with Crippen LogP contribution in [0.2, 0.25) is 0 Å². The first-order chi connectivity index (χ1) is 8.76. The summed E-state index contributed by atoms with van der Waals surface area (Å²) in [6.45, 7) is 4.13. The van der Waals surface area contributed by atoms with Gasteiger partial charge in [0.15, 0.2) is 0 Å². The zero-order valence-electron chi connectivity index (χ0n) is 10.9. The van der Waals surface area contributed by atoms with Gasteiger partial charge in [-0.25, -0.2) is 9.97 Å². The van der Waals surface area contributed by atoms with Gasteiger partial charge in [0.05, 0.1) is 12.3 Å². The van der Waals surface area contributed by atoms with Crippen LogP contribution in [-0.4, -0.2) is 17.0 Å². The van der Waals surface area contributed by atoms with Crippen LogP contribution in [0.4, 0.5) is 11.6 Å². The van der Waals surface area contributed by atoms with Gasteiger partial charge in [-0.2, -0.15) is 0 Å². The van der Waals surface area contributed by atoms with Gasteiger partial charge in [0, 0.05) is 12.6 Å². The molecule has 0 aliphatic rings. The molecule has 2 N–H and O–H groups in total. The predicted octanol–water partition coefficient (Wildman–Crippen LogP) is 2.85. The number of anilines is 2. The van der Waals surface area contributed by atoms with E-state index in [9.17, 15) is 0 Å². The third-order valence-electron chi connectivity index (χ3n) is 2.86. The molecule has 0 radical (unpaired) electrons. The van der Waals surface area contributed by atoms with Gasteiger partial charge in [-0.15, -0.1) is 0 Å². The van der Waals surface area contributed by atoms with Gasteiger partial charge in [-0.3, -0.25) is 0 Å². The molecule has 2 heterocycles. The molecule has 0 aliphatic heterocycles. The summed E-state index contributed by atoms with van der Waals surface area (Å²) in [5, 5.41) is 6.43. The highest BCUT2D eigenvalue weighted by Crippen LogP contribution is 2.24. The minimum atomic E-state index is 0.0740. The molecule has 2 aromatic rings. The van der Waals surface area contributed by atoms with Crippen molar-refractivity contribution in [3.8, 4) is 0 Å². The highest BCUT2D eigenvalue weighted by atomic mass is 16.3. The van der Waals surface area contributed by atoms with Crippen molar-refractivity contribution in [1.29, 1.82) is 0 Å². The number of hydrogen-bond donors (Lipinski definition) is 2. The van der Waals surface area contributed by atoms with Crippen LogP contribution in [0.3, 0.4) is 0 Å². The summed E-state index contributed by atoms with van der Waals surface area (Å²) in [6.07, 6.45) is 4.10. The number of rotatable bonds is 5. The molecule has 0 aliphatic carbocycles. The summed E-state index contributed by atoms with van der Waals surface area (Å²) in [7, 11) is 1.86. The van der Waals surface area contributed by atoms with Crippen molar-refractivity contribution in [1.82, 2.24) is 9.97 Å². The number of nitrogens with one attached hydrogen (secondary N) is 2. The molecule has 2 aromatic heterocycles. The molecule has 18 heavy (non-hydrogen) atoms. The molecule has 0 bridgehead atoms. The minimum Gasteiger partial charge on any atom is -0.467 e. The fraction of sp³-hybridized carbons (Fsp3) is 0.385. The van der Waals surface area contributed by atoms with E-state index >= 15 is 0 Å². The lowest BCUT2D eigenvalue weighted by atomic mass is 10.2. The number of hydrogen-bond acceptors (Lipinski definition) is 5. The maximum absolute atomic E-state index is 5.38. The largest absolute Gasteiger partial charge is 0.467 e. The molecule has 0 amide bonds. The van der Waals surface area contributed by atoms with E-state index in [2.05, 4.69) is 27.5 Å². The third-order valence-corrected chi connectivity index (χ3v) is 2.86. The highest BCUT2D eigenvalue weighted by molar-refractivity contribution is 5.57. The lowest BCUT2D eigenvalue weighted by Gasteiger charge is -2.16. The highest BCUT2D eigenvalue weighted by Gasteiger charge is 2.13. The summed E-state index contributed by atoms with van der Waals surface area (Å²) >= 11 is 0. The van der Waals surface area contributed by atoms with Crippen LogP contribution >= 0.6 is 0 Å². The average molecular weight is 246 g/mol. The lowest BCUT2D eigenvalue weighted by molar-refractivity contribution is 0.490. The monoisotopic (exact) mass is 246 g/mol. The molecular weight excluding hydrogens is 228 g/mol. The fourth-order valence-electron chi connectivity index (χ4n) is 1.90. The number of aromatic nitrogens is 2. The molecule has 0 aromatic carbocycles. The van der Waals surface area contributed by atoms with Gasteiger partial charge in [-0.05, 0) is 25.5 Å². The standard InChI is InChI=1S/C13H18N4O/c1-4-10-12(14-3)15-8-16-13(10)17-9(2)11-6-5-7-18-11/h5-9H,4H2,1-3H3,(H2,14,15,16,17). The molecule has 1 unspecified atom stereocenters. The summed E-state index contributed by atoms with van der Waals surface area (Å²) in [5.74, 6) is 2.60. The summed E-state index contributed by atoms with van der Waals surface area (Å²) in [5.41, 5.74) is 1.08. The molecule has 0 spiro atoms. The van der Waals surface area contributed by atoms with Crippen LogP contribution in [-0.2, 0) is 6.42 Å². The lowest BCUT2D eigenvalue weighted by Crippen LogP contribution is -2.11. The van der Waals surface area contributed by atoms with Crippen molar-refractivity contribution in [2.45, 2.75) is 26.3 Å². The van der Waals surface area contributed by atoms with Crippen LogP contribution in [0.25, 0.3) is 0 Å². The second-order valence-electron chi connectivity index (χ2n) is 4.03. The van der Waals surface area contributed by atoms with E-state index in [-0.39, 0.29) is 6.04 Å². The van der Waals surface area contributed by atoms with Crippen molar-refractivity contribution >= 4 is 11.6 Å². The van der Waals surface area contributed by atoms with Crippen molar-refractivity contribution < 1.29 is 4.42 Å². The molecule has 0 fully saturated rings. The topological polar surface area (TPSA) is 63.0 Å². The number of nitrogens with zero attached hydrogens (tertiary/aromatic N) is 2. The Morgan fingerprint density at radius 3 is 2.72 bits per heavy atom. The van der Waals surface area contributed by atoms with Gasteiger partial charge in [-0.1, -0.05) is 6.92 Å². The fourth-order valence-corrected chi connectivity index (χ4v) is 1.90. The number of furan rings is 1. The first-order valence-corrected chi connectivity index (χ1v) is 6.07. The van der Waals surface area contributed by atoms with Crippen LogP contribution in [0.1, 0.15) is 31.2 Å². The van der Waals surface area contributed by atoms with E-state index < -0.39 is 0 Å². The Bertz CT molecular complexity index is 496. The first kappa shape index (κ1) is 12.4. The van der Waals surface area contributed by atoms with Crippen molar-refractivity contribution in [2.75, 3.05) is 17.7 Å². The molecule has 0 saturated heterocycles. The molecule has 5 nitrogen and oxygen atoms in total. The predicted molar refractivity (Wildman–Crippen MR) is 71.7 cm³/mol.